The number of amides is 1. The molecule has 1 aliphatic rings. The minimum atomic E-state index is -0.285. The number of nitrogens with one attached hydrogen (secondary N) is 1. The summed E-state index contributed by atoms with van der Waals surface area (Å²) < 4.78 is 5.11. The van der Waals surface area contributed by atoms with Gasteiger partial charge in [0.25, 0.3) is 0 Å². The number of hydrogen-bond acceptors (Lipinski definition) is 6. The van der Waals surface area contributed by atoms with E-state index in [4.69, 9.17) is 4.74 Å². The quantitative estimate of drug-likeness (QED) is 0.733. The molecule has 0 aliphatic heterocycles. The van der Waals surface area contributed by atoms with Gasteiger partial charge in [-0.1, -0.05) is 12.1 Å². The summed E-state index contributed by atoms with van der Waals surface area (Å²) >= 11 is 0. The van der Waals surface area contributed by atoms with Gasteiger partial charge in [0.2, 0.25) is 11.8 Å². The van der Waals surface area contributed by atoms with Crippen molar-refractivity contribution in [3.8, 4) is 5.88 Å². The van der Waals surface area contributed by atoms with Crippen LogP contribution in [0, 0.1) is 5.92 Å². The summed E-state index contributed by atoms with van der Waals surface area (Å²) in [5.41, 5.74) is 1.85. The molecule has 144 valence electrons. The smallest absolute Gasteiger partial charge is 0.234 e. The molecule has 0 bridgehead atoms. The highest BCUT2D eigenvalue weighted by molar-refractivity contribution is 5.78. The van der Waals surface area contributed by atoms with Crippen molar-refractivity contribution in [1.29, 1.82) is 0 Å². The number of hydrogen-bond donors (Lipinski definition) is 2. The highest BCUT2D eigenvalue weighted by Crippen LogP contribution is 2.38. The van der Waals surface area contributed by atoms with Gasteiger partial charge >= 0.3 is 0 Å². The van der Waals surface area contributed by atoms with Gasteiger partial charge in [0.1, 0.15) is 0 Å². The van der Waals surface area contributed by atoms with E-state index in [1.807, 2.05) is 36.2 Å². The molecule has 1 atom stereocenters. The van der Waals surface area contributed by atoms with Crippen molar-refractivity contribution in [2.24, 2.45) is 5.92 Å². The molecule has 0 radical (unpaired) electrons. The average molecular weight is 370 g/mol. The molecule has 27 heavy (non-hydrogen) atoms. The number of aromatic nitrogens is 2. The van der Waals surface area contributed by atoms with E-state index in [2.05, 4.69) is 15.3 Å². The van der Waals surface area contributed by atoms with E-state index in [-0.39, 0.29) is 30.5 Å². The number of carbonyl (C=O) groups is 1. The molecule has 1 amide bonds. The molecule has 0 aromatic carbocycles. The molecule has 7 heteroatoms. The molecular weight excluding hydrogens is 344 g/mol. The number of ether oxygens (including phenoxy) is 1. The lowest BCUT2D eigenvalue weighted by molar-refractivity contribution is -0.124. The van der Waals surface area contributed by atoms with Gasteiger partial charge in [0.05, 0.1) is 31.5 Å². The van der Waals surface area contributed by atoms with Crippen molar-refractivity contribution in [3.05, 3.63) is 54.0 Å². The number of methoxy groups -OCH3 is 1. The van der Waals surface area contributed by atoms with Crippen LogP contribution in [0.3, 0.4) is 0 Å². The van der Waals surface area contributed by atoms with E-state index >= 15 is 0 Å². The molecule has 2 aromatic rings. The first kappa shape index (κ1) is 19.3. The zero-order valence-electron chi connectivity index (χ0n) is 15.7. The molecule has 2 N–H and O–H groups in total. The summed E-state index contributed by atoms with van der Waals surface area (Å²) in [5.74, 6) is 0.684. The third-order valence-electron chi connectivity index (χ3n) is 4.84. The normalized spacial score (nSPS) is 20.0. The highest BCUT2D eigenvalue weighted by Gasteiger charge is 2.35. The van der Waals surface area contributed by atoms with Gasteiger partial charge in [-0.25, -0.2) is 4.98 Å². The van der Waals surface area contributed by atoms with E-state index < -0.39 is 0 Å². The number of pyridine rings is 2. The first-order valence-corrected chi connectivity index (χ1v) is 9.11. The molecule has 1 aliphatic carbocycles. The van der Waals surface area contributed by atoms with Crippen molar-refractivity contribution in [2.45, 2.75) is 31.5 Å². The second-order valence-electron chi connectivity index (χ2n) is 7.06. The van der Waals surface area contributed by atoms with Gasteiger partial charge in [-0.2, -0.15) is 0 Å². The Balaban J connectivity index is 1.61. The number of nitrogens with zero attached hydrogens (tertiary/aromatic N) is 3. The van der Waals surface area contributed by atoms with Crippen LogP contribution in [-0.4, -0.2) is 52.7 Å². The van der Waals surface area contributed by atoms with Crippen LogP contribution >= 0.6 is 0 Å². The second kappa shape index (κ2) is 8.92. The molecule has 1 saturated carbocycles. The Morgan fingerprint density at radius 2 is 2.15 bits per heavy atom. The maximum Gasteiger partial charge on any atom is 0.234 e. The summed E-state index contributed by atoms with van der Waals surface area (Å²) in [6.45, 7) is 0.872. The molecular formula is C20H26N4O3. The Hall–Kier alpha value is -2.51. The van der Waals surface area contributed by atoms with Crippen LogP contribution in [0.1, 0.15) is 30.1 Å². The van der Waals surface area contributed by atoms with Gasteiger partial charge in [-0.15, -0.1) is 0 Å². The maximum absolute atomic E-state index is 12.6. The first-order chi connectivity index (χ1) is 13.0. The van der Waals surface area contributed by atoms with Crippen molar-refractivity contribution < 1.29 is 14.6 Å². The second-order valence-corrected chi connectivity index (χ2v) is 7.06. The van der Waals surface area contributed by atoms with E-state index in [0.717, 1.165) is 11.3 Å². The summed E-state index contributed by atoms with van der Waals surface area (Å²) in [6, 6.07) is 9.29. The average Bonchev–Trinajstić information content (AvgIpc) is 2.64. The Morgan fingerprint density at radius 3 is 2.74 bits per heavy atom. The van der Waals surface area contributed by atoms with Crippen molar-refractivity contribution in [3.63, 3.8) is 0 Å². The topological polar surface area (TPSA) is 87.6 Å². The lowest BCUT2D eigenvalue weighted by Gasteiger charge is -2.38. The summed E-state index contributed by atoms with van der Waals surface area (Å²) in [5, 5.41) is 12.8. The van der Waals surface area contributed by atoms with Crippen molar-refractivity contribution >= 4 is 5.91 Å². The number of carbonyl (C=O) groups excluding carboxylic acids is 1. The van der Waals surface area contributed by atoms with Crippen molar-refractivity contribution in [2.75, 3.05) is 20.7 Å². The van der Waals surface area contributed by atoms with Gasteiger partial charge in [0, 0.05) is 25.0 Å². The Bertz CT molecular complexity index is 733. The van der Waals surface area contributed by atoms with Crippen LogP contribution in [0.25, 0.3) is 0 Å². The van der Waals surface area contributed by atoms with Gasteiger partial charge in [-0.05, 0) is 43.5 Å². The molecule has 0 saturated heterocycles. The van der Waals surface area contributed by atoms with E-state index in [1.54, 1.807) is 25.6 Å². The zero-order valence-corrected chi connectivity index (χ0v) is 15.7. The highest BCUT2D eigenvalue weighted by atomic mass is 16.5. The molecule has 2 aromatic heterocycles. The van der Waals surface area contributed by atoms with Crippen LogP contribution in [0.4, 0.5) is 0 Å². The number of aliphatic hydroxyl groups is 1. The number of likely N-dealkylation sites (N-methyl/N-ethyl adjacent to an activating group) is 1. The fourth-order valence-corrected chi connectivity index (χ4v) is 3.36. The Morgan fingerprint density at radius 1 is 1.33 bits per heavy atom. The van der Waals surface area contributed by atoms with Crippen molar-refractivity contribution in [1.82, 2.24) is 20.2 Å². The minimum absolute atomic E-state index is 0.0596. The van der Waals surface area contributed by atoms with Gasteiger partial charge in [-0.3, -0.25) is 14.7 Å². The van der Waals surface area contributed by atoms with Crippen LogP contribution in [0.2, 0.25) is 0 Å². The lowest BCUT2D eigenvalue weighted by atomic mass is 9.75. The standard InChI is InChI=1S/C20H26N4O3/c1-24(12-16-5-3-4-8-21-16)13-18(26)23-20(15-9-17(25)10-15)14-6-7-19(27-2)22-11-14/h3-8,11,15,17,20,25H,9-10,12-13H2,1-2H3,(H,23,26)/t15?,17?,20-/m1/s1. The molecule has 3 rings (SSSR count). The van der Waals surface area contributed by atoms with Gasteiger partial charge < -0.3 is 15.2 Å². The fourth-order valence-electron chi connectivity index (χ4n) is 3.36. The Kier molecular flexibility index (Phi) is 6.36. The fraction of sp³-hybridized carbons (Fsp3) is 0.450. The van der Waals surface area contributed by atoms with E-state index in [1.165, 1.54) is 0 Å². The first-order valence-electron chi connectivity index (χ1n) is 9.11. The molecule has 7 nitrogen and oxygen atoms in total. The van der Waals surface area contributed by atoms with E-state index in [9.17, 15) is 9.90 Å². The van der Waals surface area contributed by atoms with Crippen LogP contribution in [-0.2, 0) is 11.3 Å². The summed E-state index contributed by atoms with van der Waals surface area (Å²) in [7, 11) is 3.46. The SMILES string of the molecule is COc1ccc([C@@H](NC(=O)CN(C)Cc2ccccn2)C2CC(O)C2)cn1. The molecule has 1 fully saturated rings. The monoisotopic (exact) mass is 370 g/mol. The molecule has 2 heterocycles. The van der Waals surface area contributed by atoms with E-state index in [0.29, 0.717) is 25.3 Å². The van der Waals surface area contributed by atoms with Crippen LogP contribution < -0.4 is 10.1 Å². The largest absolute Gasteiger partial charge is 0.481 e. The third kappa shape index (κ3) is 5.24. The predicted octanol–water partition coefficient (Wildman–Crippen LogP) is 1.55. The van der Waals surface area contributed by atoms with Gasteiger partial charge in [0.15, 0.2) is 0 Å². The zero-order chi connectivity index (χ0) is 19.2. The minimum Gasteiger partial charge on any atom is -0.481 e. The maximum atomic E-state index is 12.6. The third-order valence-corrected chi connectivity index (χ3v) is 4.84. The lowest BCUT2D eigenvalue weighted by Crippen LogP contribution is -2.44. The predicted molar refractivity (Wildman–Crippen MR) is 101 cm³/mol. The number of rotatable bonds is 8. The number of aliphatic hydroxyl groups excluding tert-OH is 1. The summed E-state index contributed by atoms with van der Waals surface area (Å²) in [6.07, 6.45) is 4.55. The molecule has 0 spiro atoms. The van der Waals surface area contributed by atoms with Crippen LogP contribution in [0.5, 0.6) is 5.88 Å². The summed E-state index contributed by atoms with van der Waals surface area (Å²) in [4.78, 5) is 23.1. The Labute approximate surface area is 159 Å². The van der Waals surface area contributed by atoms with Crippen LogP contribution in [0.15, 0.2) is 42.7 Å². The molecule has 0 unspecified atom stereocenters.